The van der Waals surface area contributed by atoms with Gasteiger partial charge in [0, 0.05) is 23.0 Å². The third kappa shape index (κ3) is 6.96. The number of carbonyl (C=O) groups is 2. The molecule has 0 saturated heterocycles. The summed E-state index contributed by atoms with van der Waals surface area (Å²) in [5, 5.41) is 3.18. The fourth-order valence-electron chi connectivity index (χ4n) is 3.51. The lowest BCUT2D eigenvalue weighted by atomic mass is 10.0. The van der Waals surface area contributed by atoms with E-state index in [0.29, 0.717) is 10.6 Å². The summed E-state index contributed by atoms with van der Waals surface area (Å²) in [7, 11) is 1.25. The molecule has 0 aliphatic rings. The quantitative estimate of drug-likeness (QED) is 0.257. The molecule has 3 N–H and O–H groups in total. The monoisotopic (exact) mass is 557 g/mol. The second kappa shape index (κ2) is 11.3. The summed E-state index contributed by atoms with van der Waals surface area (Å²) >= 11 is 5.99. The van der Waals surface area contributed by atoms with Crippen LogP contribution in [0.25, 0.3) is 11.1 Å². The maximum Gasteiger partial charge on any atom is 0.573 e. The van der Waals surface area contributed by atoms with Crippen LogP contribution in [0, 0.1) is 0 Å². The second-order valence-electron chi connectivity index (χ2n) is 7.93. The lowest BCUT2D eigenvalue weighted by Crippen LogP contribution is -2.17. The van der Waals surface area contributed by atoms with Crippen molar-refractivity contribution in [3.05, 3.63) is 95.3 Å². The number of anilines is 1. The number of nitrogens with two attached hydrogens (primary N) is 1. The average molecular weight is 558 g/mol. The standard InChI is InChI=1S/C27H19ClF3N3O5/c1-37-24-14-19(39-27(29,30)31)7-9-22(24)38-23-12-16(15-2-5-17(28)6-3-15)4-8-20(23)26(36)34-18-10-11-33-21(13-18)25(32)35/h2-14H,1H3,(H2,32,35)(H,33,34,36). The van der Waals surface area contributed by atoms with Gasteiger partial charge in [-0.15, -0.1) is 13.2 Å². The molecule has 0 bridgehead atoms. The number of benzene rings is 3. The number of primary amides is 1. The number of hydrogen-bond acceptors (Lipinski definition) is 6. The van der Waals surface area contributed by atoms with Crippen LogP contribution in [0.1, 0.15) is 20.8 Å². The first-order valence-electron chi connectivity index (χ1n) is 11.1. The van der Waals surface area contributed by atoms with Gasteiger partial charge in [0.05, 0.1) is 12.7 Å². The normalized spacial score (nSPS) is 11.0. The number of ether oxygens (including phenoxy) is 3. The lowest BCUT2D eigenvalue weighted by molar-refractivity contribution is -0.274. The number of aromatic nitrogens is 1. The molecule has 0 spiro atoms. The van der Waals surface area contributed by atoms with Crippen LogP contribution in [0.2, 0.25) is 5.02 Å². The Morgan fingerprint density at radius 1 is 0.897 bits per heavy atom. The molecule has 0 aliphatic heterocycles. The Morgan fingerprint density at radius 2 is 1.62 bits per heavy atom. The van der Waals surface area contributed by atoms with Gasteiger partial charge in [0.15, 0.2) is 11.5 Å². The van der Waals surface area contributed by atoms with Gasteiger partial charge in [-0.25, -0.2) is 0 Å². The second-order valence-corrected chi connectivity index (χ2v) is 8.36. The van der Waals surface area contributed by atoms with Crippen molar-refractivity contribution in [2.24, 2.45) is 5.73 Å². The molecule has 12 heteroatoms. The summed E-state index contributed by atoms with van der Waals surface area (Å²) in [5.41, 5.74) is 6.96. The SMILES string of the molecule is COc1cc(OC(F)(F)F)ccc1Oc1cc(-c2ccc(Cl)cc2)ccc1C(=O)Nc1ccnc(C(N)=O)c1. The molecule has 2 amide bonds. The number of nitrogens with one attached hydrogen (secondary N) is 1. The fraction of sp³-hybridized carbons (Fsp3) is 0.0741. The summed E-state index contributed by atoms with van der Waals surface area (Å²) in [4.78, 5) is 28.5. The Morgan fingerprint density at radius 3 is 2.28 bits per heavy atom. The number of nitrogens with zero attached hydrogens (tertiary/aromatic N) is 1. The van der Waals surface area contributed by atoms with Crippen molar-refractivity contribution >= 4 is 29.1 Å². The Kier molecular flexibility index (Phi) is 7.91. The summed E-state index contributed by atoms with van der Waals surface area (Å²) in [6, 6.07) is 17.8. The van der Waals surface area contributed by atoms with Crippen molar-refractivity contribution in [3.8, 4) is 34.1 Å². The highest BCUT2D eigenvalue weighted by Crippen LogP contribution is 2.39. The van der Waals surface area contributed by atoms with E-state index >= 15 is 0 Å². The van der Waals surface area contributed by atoms with E-state index < -0.39 is 23.9 Å². The van der Waals surface area contributed by atoms with E-state index in [0.717, 1.165) is 17.7 Å². The van der Waals surface area contributed by atoms with E-state index in [9.17, 15) is 22.8 Å². The highest BCUT2D eigenvalue weighted by atomic mass is 35.5. The minimum atomic E-state index is -4.90. The lowest BCUT2D eigenvalue weighted by Gasteiger charge is -2.16. The van der Waals surface area contributed by atoms with E-state index in [4.69, 9.17) is 26.8 Å². The van der Waals surface area contributed by atoms with Gasteiger partial charge in [-0.2, -0.15) is 0 Å². The molecule has 4 aromatic rings. The smallest absolute Gasteiger partial charge is 0.493 e. The van der Waals surface area contributed by atoms with Crippen molar-refractivity contribution in [2.45, 2.75) is 6.36 Å². The molecule has 1 heterocycles. The maximum atomic E-state index is 13.2. The van der Waals surface area contributed by atoms with E-state index in [2.05, 4.69) is 15.0 Å². The number of amides is 2. The molecule has 39 heavy (non-hydrogen) atoms. The van der Waals surface area contributed by atoms with Gasteiger partial charge < -0.3 is 25.3 Å². The van der Waals surface area contributed by atoms with Crippen LogP contribution in [0.3, 0.4) is 0 Å². The highest BCUT2D eigenvalue weighted by molar-refractivity contribution is 6.30. The zero-order valence-electron chi connectivity index (χ0n) is 20.1. The summed E-state index contributed by atoms with van der Waals surface area (Å²) < 4.78 is 53.1. The van der Waals surface area contributed by atoms with Crippen LogP contribution < -0.4 is 25.3 Å². The number of rotatable bonds is 8. The molecule has 0 aliphatic carbocycles. The van der Waals surface area contributed by atoms with Crippen molar-refractivity contribution in [3.63, 3.8) is 0 Å². The summed E-state index contributed by atoms with van der Waals surface area (Å²) in [6.45, 7) is 0. The molecule has 0 saturated carbocycles. The number of alkyl halides is 3. The minimum absolute atomic E-state index is 0.0225. The Labute approximate surface area is 225 Å². The van der Waals surface area contributed by atoms with Gasteiger partial charge in [-0.1, -0.05) is 29.8 Å². The number of hydrogen-bond donors (Lipinski definition) is 2. The van der Waals surface area contributed by atoms with Gasteiger partial charge in [-0.05, 0) is 59.7 Å². The van der Waals surface area contributed by atoms with Gasteiger partial charge in [-0.3, -0.25) is 14.6 Å². The molecule has 0 fully saturated rings. The third-order valence-corrected chi connectivity index (χ3v) is 5.51. The van der Waals surface area contributed by atoms with Crippen LogP contribution in [-0.2, 0) is 0 Å². The largest absolute Gasteiger partial charge is 0.573 e. The van der Waals surface area contributed by atoms with Gasteiger partial charge in [0.1, 0.15) is 17.2 Å². The number of pyridine rings is 1. The highest BCUT2D eigenvalue weighted by Gasteiger charge is 2.31. The summed E-state index contributed by atoms with van der Waals surface area (Å²) in [5.74, 6) is -1.87. The predicted octanol–water partition coefficient (Wildman–Crippen LogP) is 6.45. The number of carbonyl (C=O) groups excluding carboxylic acids is 2. The van der Waals surface area contributed by atoms with E-state index in [-0.39, 0.29) is 34.2 Å². The van der Waals surface area contributed by atoms with Crippen LogP contribution in [0.5, 0.6) is 23.0 Å². The Balaban J connectivity index is 1.73. The van der Waals surface area contributed by atoms with Crippen molar-refractivity contribution in [2.75, 3.05) is 12.4 Å². The molecular formula is C27H19ClF3N3O5. The first kappa shape index (κ1) is 27.3. The van der Waals surface area contributed by atoms with Crippen LogP contribution in [-0.4, -0.2) is 30.3 Å². The zero-order chi connectivity index (χ0) is 28.2. The first-order chi connectivity index (χ1) is 18.5. The molecule has 4 rings (SSSR count). The van der Waals surface area contributed by atoms with Gasteiger partial charge >= 0.3 is 6.36 Å². The Bertz CT molecular complexity index is 1530. The average Bonchev–Trinajstić information content (AvgIpc) is 2.89. The molecule has 1 aromatic heterocycles. The predicted molar refractivity (Wildman–Crippen MR) is 137 cm³/mol. The molecule has 0 atom stereocenters. The molecule has 0 radical (unpaired) electrons. The van der Waals surface area contributed by atoms with Crippen LogP contribution >= 0.6 is 11.6 Å². The topological polar surface area (TPSA) is 113 Å². The molecule has 8 nitrogen and oxygen atoms in total. The van der Waals surface area contributed by atoms with E-state index in [1.807, 2.05) is 0 Å². The first-order valence-corrected chi connectivity index (χ1v) is 11.5. The maximum absolute atomic E-state index is 13.2. The number of methoxy groups -OCH3 is 1. The van der Waals surface area contributed by atoms with Crippen LogP contribution in [0.15, 0.2) is 79.0 Å². The number of halogens is 4. The van der Waals surface area contributed by atoms with Crippen LogP contribution in [0.4, 0.5) is 18.9 Å². The molecule has 0 unspecified atom stereocenters. The fourth-order valence-corrected chi connectivity index (χ4v) is 3.63. The molecule has 200 valence electrons. The van der Waals surface area contributed by atoms with Gasteiger partial charge in [0.2, 0.25) is 0 Å². The van der Waals surface area contributed by atoms with Gasteiger partial charge in [0.25, 0.3) is 11.8 Å². The van der Waals surface area contributed by atoms with Crippen molar-refractivity contribution in [1.82, 2.24) is 4.98 Å². The van der Waals surface area contributed by atoms with E-state index in [1.165, 1.54) is 37.6 Å². The van der Waals surface area contributed by atoms with E-state index in [1.54, 1.807) is 36.4 Å². The Hall–Kier alpha value is -4.77. The third-order valence-electron chi connectivity index (χ3n) is 5.26. The molecular weight excluding hydrogens is 539 g/mol. The molecule has 3 aromatic carbocycles. The van der Waals surface area contributed by atoms with Crippen molar-refractivity contribution < 1.29 is 37.0 Å². The summed E-state index contributed by atoms with van der Waals surface area (Å²) in [6.07, 6.45) is -3.58. The zero-order valence-corrected chi connectivity index (χ0v) is 20.8. The van der Waals surface area contributed by atoms with Crippen molar-refractivity contribution in [1.29, 1.82) is 0 Å². The minimum Gasteiger partial charge on any atom is -0.493 e.